The summed E-state index contributed by atoms with van der Waals surface area (Å²) in [5, 5.41) is 16.8. The minimum absolute atomic E-state index is 0.0470. The van der Waals surface area contributed by atoms with E-state index >= 15 is 0 Å². The van der Waals surface area contributed by atoms with Crippen molar-refractivity contribution in [3.63, 3.8) is 0 Å². The van der Waals surface area contributed by atoms with Gasteiger partial charge < -0.3 is 4.57 Å². The third kappa shape index (κ3) is 10.6. The minimum atomic E-state index is 0.0470. The molecule has 0 saturated carbocycles. The Morgan fingerprint density at radius 3 is 1.07 bits per heavy atom. The zero-order valence-electron chi connectivity index (χ0n) is 33.5. The lowest BCUT2D eigenvalue weighted by Crippen LogP contribution is -2.24. The van der Waals surface area contributed by atoms with Crippen molar-refractivity contribution < 1.29 is 0 Å². The predicted molar refractivity (Wildman–Crippen MR) is 192 cm³/mol. The van der Waals surface area contributed by atoms with Crippen LogP contribution in [0.2, 0.25) is 0 Å². The van der Waals surface area contributed by atoms with Gasteiger partial charge in [0.25, 0.3) is 0 Å². The highest BCUT2D eigenvalue weighted by Crippen LogP contribution is 2.22. The van der Waals surface area contributed by atoms with E-state index in [1.54, 1.807) is 0 Å². The summed E-state index contributed by atoms with van der Waals surface area (Å²) in [7, 11) is 0. The van der Waals surface area contributed by atoms with Gasteiger partial charge in [0.2, 0.25) is 0 Å². The summed E-state index contributed by atoms with van der Waals surface area (Å²) in [4.78, 5) is 8.67. The fourth-order valence-corrected chi connectivity index (χ4v) is 5.34. The first-order valence-electron chi connectivity index (χ1n) is 16.4. The van der Waals surface area contributed by atoms with Gasteiger partial charge in [-0.1, -0.05) is 5.21 Å². The highest BCUT2D eigenvalue weighted by molar-refractivity contribution is 5.23. The Bertz CT molecular complexity index is 1550. The fraction of sp³-hybridized carbons (Fsp3) is 0.722. The van der Waals surface area contributed by atoms with Crippen molar-refractivity contribution in [1.29, 1.82) is 0 Å². The van der Waals surface area contributed by atoms with Crippen LogP contribution >= 0.6 is 0 Å². The molecule has 0 fully saturated rings. The zero-order chi connectivity index (χ0) is 36.3. The molecular weight excluding hydrogens is 572 g/mol. The van der Waals surface area contributed by atoms with Crippen LogP contribution in [0.1, 0.15) is 140 Å². The number of nitrogens with zero attached hydrogens (tertiary/aromatic N) is 10. The zero-order valence-corrected chi connectivity index (χ0v) is 33.5. The van der Waals surface area contributed by atoms with Crippen molar-refractivity contribution in [1.82, 2.24) is 49.1 Å². The molecular formula is C36H66N10. The molecule has 4 aromatic rings. The maximum absolute atomic E-state index is 4.50. The van der Waals surface area contributed by atoms with Crippen LogP contribution in [0.15, 0.2) is 0 Å². The van der Waals surface area contributed by atoms with E-state index in [2.05, 4.69) is 164 Å². The summed E-state index contributed by atoms with van der Waals surface area (Å²) in [5.41, 5.74) is 8.65. The number of imidazole rings is 1. The second-order valence-electron chi connectivity index (χ2n) is 16.3. The van der Waals surface area contributed by atoms with Crippen LogP contribution in [0.25, 0.3) is 0 Å². The van der Waals surface area contributed by atoms with E-state index in [0.717, 1.165) is 40.2 Å². The molecule has 4 heterocycles. The summed E-state index contributed by atoms with van der Waals surface area (Å²) in [6.07, 6.45) is 0. The van der Waals surface area contributed by atoms with Gasteiger partial charge in [-0.05, 0) is 158 Å². The average Bonchev–Trinajstić information content (AvgIpc) is 3.55. The molecule has 0 amide bonds. The van der Waals surface area contributed by atoms with Gasteiger partial charge in [-0.15, -0.1) is 5.10 Å². The van der Waals surface area contributed by atoms with Crippen LogP contribution in [0, 0.1) is 69.2 Å². The van der Waals surface area contributed by atoms with Crippen molar-refractivity contribution in [2.24, 2.45) is 0 Å². The molecule has 0 N–H and O–H groups in total. The SMILES string of the molecule is Cc1nc(C)n(C(C)(C)C)c1C.Cc1nc(C)n(C(C)(C)C)n1.Cc1nn(C(C)(C)C)c(C)c1C.Cc1nnn(C(C)(C)C)c1C. The normalized spacial score (nSPS) is 12.1. The first-order valence-corrected chi connectivity index (χ1v) is 16.4. The second-order valence-corrected chi connectivity index (χ2v) is 16.3. The average molecular weight is 639 g/mol. The Labute approximate surface area is 280 Å². The molecule has 0 aliphatic rings. The Hall–Kier alpha value is -3.30. The maximum Gasteiger partial charge on any atom is 0.147 e. The third-order valence-corrected chi connectivity index (χ3v) is 7.74. The van der Waals surface area contributed by atoms with Crippen LogP contribution in [0.3, 0.4) is 0 Å². The quantitative estimate of drug-likeness (QED) is 0.192. The van der Waals surface area contributed by atoms with Crippen LogP contribution in [-0.4, -0.2) is 49.1 Å². The van der Waals surface area contributed by atoms with E-state index in [9.17, 15) is 0 Å². The Balaban J connectivity index is 0.000000307. The van der Waals surface area contributed by atoms with Crippen LogP contribution < -0.4 is 0 Å². The lowest BCUT2D eigenvalue weighted by molar-refractivity contribution is 0.339. The molecule has 10 nitrogen and oxygen atoms in total. The van der Waals surface area contributed by atoms with Crippen LogP contribution in [-0.2, 0) is 22.2 Å². The summed E-state index contributed by atoms with van der Waals surface area (Å²) in [6.45, 7) is 46.3. The minimum Gasteiger partial charge on any atom is -0.327 e. The van der Waals surface area contributed by atoms with Gasteiger partial charge in [0.05, 0.1) is 39.4 Å². The second kappa shape index (κ2) is 14.6. The molecule has 0 radical (unpaired) electrons. The Morgan fingerprint density at radius 1 is 0.413 bits per heavy atom. The maximum atomic E-state index is 4.50. The number of hydrogen-bond acceptors (Lipinski definition) is 6. The van der Waals surface area contributed by atoms with Gasteiger partial charge in [0, 0.05) is 16.9 Å². The first kappa shape index (κ1) is 40.7. The topological polar surface area (TPSA) is 97.1 Å². The van der Waals surface area contributed by atoms with Gasteiger partial charge in [0.1, 0.15) is 17.5 Å². The lowest BCUT2D eigenvalue weighted by atomic mass is 10.1. The smallest absolute Gasteiger partial charge is 0.147 e. The molecule has 46 heavy (non-hydrogen) atoms. The molecule has 10 heteroatoms. The molecule has 0 unspecified atom stereocenters. The van der Waals surface area contributed by atoms with E-state index in [4.69, 9.17) is 0 Å². The van der Waals surface area contributed by atoms with Gasteiger partial charge in [0.15, 0.2) is 0 Å². The summed E-state index contributed by atoms with van der Waals surface area (Å²) >= 11 is 0. The number of hydrogen-bond donors (Lipinski definition) is 0. The number of rotatable bonds is 0. The van der Waals surface area contributed by atoms with Crippen molar-refractivity contribution in [3.05, 3.63) is 57.2 Å². The highest BCUT2D eigenvalue weighted by Gasteiger charge is 2.20. The molecule has 0 atom stereocenters. The summed E-state index contributed by atoms with van der Waals surface area (Å²) < 4.78 is 8.27. The van der Waals surface area contributed by atoms with E-state index in [1.807, 2.05) is 37.1 Å². The number of aromatic nitrogens is 10. The van der Waals surface area contributed by atoms with Crippen LogP contribution in [0.4, 0.5) is 0 Å². The van der Waals surface area contributed by atoms with Crippen molar-refractivity contribution in [3.8, 4) is 0 Å². The van der Waals surface area contributed by atoms with Crippen LogP contribution in [0.5, 0.6) is 0 Å². The molecule has 4 rings (SSSR count). The van der Waals surface area contributed by atoms with Gasteiger partial charge >= 0.3 is 0 Å². The summed E-state index contributed by atoms with van der Waals surface area (Å²) in [6, 6.07) is 0. The van der Waals surface area contributed by atoms with Gasteiger partial charge in [-0.2, -0.15) is 10.2 Å². The Morgan fingerprint density at radius 2 is 0.891 bits per heavy atom. The molecule has 4 aromatic heterocycles. The van der Waals surface area contributed by atoms with Gasteiger partial charge in [-0.3, -0.25) is 4.68 Å². The molecule has 0 aromatic carbocycles. The third-order valence-electron chi connectivity index (χ3n) is 7.74. The van der Waals surface area contributed by atoms with E-state index < -0.39 is 0 Å². The van der Waals surface area contributed by atoms with E-state index in [0.29, 0.717) is 0 Å². The molecule has 260 valence electrons. The molecule has 0 bridgehead atoms. The largest absolute Gasteiger partial charge is 0.327 e. The first-order chi connectivity index (χ1) is 20.5. The van der Waals surface area contributed by atoms with E-state index in [1.165, 1.54) is 17.0 Å². The monoisotopic (exact) mass is 639 g/mol. The Kier molecular flexibility index (Phi) is 13.0. The lowest BCUT2D eigenvalue weighted by Gasteiger charge is -2.24. The standard InChI is InChI=1S/2C10H18N2.2C8H15N3/c1-7-8(2)12(9(3)11-7)10(4,5)6;1-7-8(2)11-12(9(7)3)10(4,5)6;1-6-9-7(2)11(10-6)8(3,4)5;1-6-7(2)11(10-9-6)8(3,4)5/h2*1-6H3;2*1-5H3. The van der Waals surface area contributed by atoms with Crippen molar-refractivity contribution in [2.75, 3.05) is 0 Å². The predicted octanol–water partition coefficient (Wildman–Crippen LogP) is 8.43. The molecule has 0 aliphatic heterocycles. The van der Waals surface area contributed by atoms with Crippen molar-refractivity contribution >= 4 is 0 Å². The highest BCUT2D eigenvalue weighted by atomic mass is 15.5. The molecule has 0 spiro atoms. The van der Waals surface area contributed by atoms with Crippen molar-refractivity contribution in [2.45, 2.75) is 174 Å². The fourth-order valence-electron chi connectivity index (χ4n) is 5.34. The molecule has 0 saturated heterocycles. The van der Waals surface area contributed by atoms with E-state index in [-0.39, 0.29) is 22.2 Å². The van der Waals surface area contributed by atoms with Gasteiger partial charge in [-0.25, -0.2) is 19.3 Å². The summed E-state index contributed by atoms with van der Waals surface area (Å²) in [5.74, 6) is 2.94. The number of aryl methyl sites for hydroxylation is 6. The molecule has 0 aliphatic carbocycles.